The highest BCUT2D eigenvalue weighted by Gasteiger charge is 2.42. The van der Waals surface area contributed by atoms with Crippen molar-refractivity contribution in [3.05, 3.63) is 90.0 Å². The standard InChI is InChI=1S/C36H45N3O4/c1-6-7-23-39(3)35(41)36(22-21-26(2)42-4,25-27-13-9-8-10-14-27)38-33(40)24-31-30-15-11-12-16-32(30)37-34(31)28-17-19-29(43-5)20-18-28/h8-20,26,37H,6-7,21-25H2,1-5H3,(H,38,40). The lowest BCUT2D eigenvalue weighted by molar-refractivity contribution is -0.141. The predicted molar refractivity (Wildman–Crippen MR) is 173 cm³/mol. The van der Waals surface area contributed by atoms with Gasteiger partial charge in [0.2, 0.25) is 11.8 Å². The minimum atomic E-state index is -1.12. The Kier molecular flexibility index (Phi) is 11.0. The molecule has 1 aromatic heterocycles. The number of carbonyl (C=O) groups excluding carboxylic acids is 2. The number of rotatable bonds is 15. The second-order valence-corrected chi connectivity index (χ2v) is 11.4. The van der Waals surface area contributed by atoms with Gasteiger partial charge in [-0.25, -0.2) is 0 Å². The van der Waals surface area contributed by atoms with E-state index in [1.165, 1.54) is 0 Å². The van der Waals surface area contributed by atoms with Crippen LogP contribution in [0.2, 0.25) is 0 Å². The first-order valence-corrected chi connectivity index (χ1v) is 15.2. The SMILES string of the molecule is CCCCN(C)C(=O)C(CCC(C)OC)(Cc1ccccc1)NC(=O)Cc1c(-c2ccc(OC)cc2)[nH]c2ccccc12. The maximum absolute atomic E-state index is 14.3. The molecule has 2 amide bonds. The number of para-hydroxylation sites is 1. The summed E-state index contributed by atoms with van der Waals surface area (Å²) in [7, 11) is 5.16. The van der Waals surface area contributed by atoms with E-state index in [0.29, 0.717) is 25.8 Å². The second-order valence-electron chi connectivity index (χ2n) is 11.4. The van der Waals surface area contributed by atoms with Gasteiger partial charge in [-0.3, -0.25) is 9.59 Å². The lowest BCUT2D eigenvalue weighted by Crippen LogP contribution is -2.61. The van der Waals surface area contributed by atoms with E-state index in [-0.39, 0.29) is 24.3 Å². The van der Waals surface area contributed by atoms with E-state index in [1.807, 2.05) is 92.8 Å². The maximum atomic E-state index is 14.3. The summed E-state index contributed by atoms with van der Waals surface area (Å²) in [5.74, 6) is 0.495. The summed E-state index contributed by atoms with van der Waals surface area (Å²) in [4.78, 5) is 33.8. The molecule has 2 unspecified atom stereocenters. The Morgan fingerprint density at radius 2 is 1.67 bits per heavy atom. The molecule has 0 saturated carbocycles. The highest BCUT2D eigenvalue weighted by atomic mass is 16.5. The smallest absolute Gasteiger partial charge is 0.248 e. The molecule has 43 heavy (non-hydrogen) atoms. The normalized spacial score (nSPS) is 13.3. The molecule has 0 fully saturated rings. The first kappa shape index (κ1) is 31.8. The number of likely N-dealkylation sites (N-methyl/N-ethyl adjacent to an activating group) is 1. The Morgan fingerprint density at radius 3 is 2.35 bits per heavy atom. The van der Waals surface area contributed by atoms with Crippen molar-refractivity contribution in [1.82, 2.24) is 15.2 Å². The van der Waals surface area contributed by atoms with Gasteiger partial charge in [0.05, 0.1) is 25.3 Å². The number of ether oxygens (including phenoxy) is 2. The number of hydrogen-bond donors (Lipinski definition) is 2. The van der Waals surface area contributed by atoms with Crippen molar-refractivity contribution in [2.75, 3.05) is 27.8 Å². The topological polar surface area (TPSA) is 83.7 Å². The van der Waals surface area contributed by atoms with Crippen molar-refractivity contribution in [3.8, 4) is 17.0 Å². The van der Waals surface area contributed by atoms with Gasteiger partial charge in [-0.05, 0) is 73.2 Å². The molecule has 228 valence electrons. The van der Waals surface area contributed by atoms with Crippen LogP contribution in [0.1, 0.15) is 50.7 Å². The van der Waals surface area contributed by atoms with E-state index in [9.17, 15) is 9.59 Å². The fourth-order valence-electron chi connectivity index (χ4n) is 5.66. The fourth-order valence-corrected chi connectivity index (χ4v) is 5.66. The second kappa shape index (κ2) is 14.9. The number of H-pyrrole nitrogens is 1. The lowest BCUT2D eigenvalue weighted by atomic mass is 9.83. The van der Waals surface area contributed by atoms with Crippen LogP contribution in [0.25, 0.3) is 22.2 Å². The van der Waals surface area contributed by atoms with Crippen LogP contribution in [-0.2, 0) is 27.2 Å². The third kappa shape index (κ3) is 7.85. The first-order valence-electron chi connectivity index (χ1n) is 15.2. The fraction of sp³-hybridized carbons (Fsp3) is 0.389. The highest BCUT2D eigenvalue weighted by molar-refractivity contribution is 5.97. The van der Waals surface area contributed by atoms with Crippen molar-refractivity contribution >= 4 is 22.7 Å². The van der Waals surface area contributed by atoms with Crippen molar-refractivity contribution in [2.24, 2.45) is 0 Å². The zero-order chi connectivity index (χ0) is 30.8. The Bertz CT molecular complexity index is 1480. The van der Waals surface area contributed by atoms with Crippen LogP contribution < -0.4 is 10.1 Å². The van der Waals surface area contributed by atoms with Crippen LogP contribution in [0, 0.1) is 0 Å². The monoisotopic (exact) mass is 583 g/mol. The molecule has 0 spiro atoms. The molecule has 1 heterocycles. The number of benzene rings is 3. The summed E-state index contributed by atoms with van der Waals surface area (Å²) in [6, 6.07) is 25.7. The summed E-state index contributed by atoms with van der Waals surface area (Å²) in [5.41, 5.74) is 3.56. The molecule has 0 saturated heterocycles. The first-order chi connectivity index (χ1) is 20.8. The van der Waals surface area contributed by atoms with Crippen molar-refractivity contribution in [1.29, 1.82) is 0 Å². The largest absolute Gasteiger partial charge is 0.497 e. The number of fused-ring (bicyclic) bond motifs is 1. The molecule has 3 aromatic carbocycles. The van der Waals surface area contributed by atoms with Gasteiger partial charge in [-0.15, -0.1) is 0 Å². The average Bonchev–Trinajstić information content (AvgIpc) is 3.40. The molecule has 0 aliphatic rings. The number of nitrogens with one attached hydrogen (secondary N) is 2. The van der Waals surface area contributed by atoms with Crippen molar-refractivity contribution in [3.63, 3.8) is 0 Å². The van der Waals surface area contributed by atoms with Gasteiger partial charge in [-0.1, -0.05) is 61.9 Å². The zero-order valence-corrected chi connectivity index (χ0v) is 26.1. The molecule has 2 N–H and O–H groups in total. The number of aromatic amines is 1. The lowest BCUT2D eigenvalue weighted by Gasteiger charge is -2.38. The number of methoxy groups -OCH3 is 2. The molecule has 0 bridgehead atoms. The highest BCUT2D eigenvalue weighted by Crippen LogP contribution is 2.32. The molecular weight excluding hydrogens is 538 g/mol. The number of nitrogens with zero attached hydrogens (tertiary/aromatic N) is 1. The molecule has 7 heteroatoms. The molecule has 2 atom stereocenters. The van der Waals surface area contributed by atoms with Crippen LogP contribution in [0.5, 0.6) is 5.75 Å². The number of amides is 2. The third-order valence-corrected chi connectivity index (χ3v) is 8.24. The summed E-state index contributed by atoms with van der Waals surface area (Å²) < 4.78 is 10.9. The Balaban J connectivity index is 1.73. The van der Waals surface area contributed by atoms with Crippen molar-refractivity contribution < 1.29 is 19.1 Å². The summed E-state index contributed by atoms with van der Waals surface area (Å²) >= 11 is 0. The van der Waals surface area contributed by atoms with E-state index < -0.39 is 5.54 Å². The van der Waals surface area contributed by atoms with E-state index >= 15 is 0 Å². The summed E-state index contributed by atoms with van der Waals surface area (Å²) in [6.07, 6.45) is 3.41. The van der Waals surface area contributed by atoms with E-state index in [2.05, 4.69) is 17.2 Å². The molecule has 4 aromatic rings. The zero-order valence-electron chi connectivity index (χ0n) is 26.1. The molecule has 4 rings (SSSR count). The van der Waals surface area contributed by atoms with Gasteiger partial charge >= 0.3 is 0 Å². The van der Waals surface area contributed by atoms with Gasteiger partial charge < -0.3 is 24.7 Å². The van der Waals surface area contributed by atoms with Gasteiger partial charge in [0.15, 0.2) is 0 Å². The minimum Gasteiger partial charge on any atom is -0.497 e. The van der Waals surface area contributed by atoms with Crippen LogP contribution in [0.3, 0.4) is 0 Å². The number of carbonyl (C=O) groups is 2. The van der Waals surface area contributed by atoms with Crippen molar-refractivity contribution in [2.45, 2.75) is 64.0 Å². The Morgan fingerprint density at radius 1 is 0.977 bits per heavy atom. The average molecular weight is 584 g/mol. The van der Waals surface area contributed by atoms with Gasteiger partial charge in [-0.2, -0.15) is 0 Å². The maximum Gasteiger partial charge on any atom is 0.248 e. The molecule has 0 radical (unpaired) electrons. The number of unbranched alkanes of at least 4 members (excludes halogenated alkanes) is 1. The van der Waals surface area contributed by atoms with Gasteiger partial charge in [0, 0.05) is 38.0 Å². The van der Waals surface area contributed by atoms with Crippen LogP contribution in [0.4, 0.5) is 0 Å². The van der Waals surface area contributed by atoms with Crippen LogP contribution in [-0.4, -0.2) is 61.2 Å². The van der Waals surface area contributed by atoms with E-state index in [1.54, 1.807) is 19.1 Å². The molecular formula is C36H45N3O4. The van der Waals surface area contributed by atoms with Gasteiger partial charge in [0.25, 0.3) is 0 Å². The minimum absolute atomic E-state index is 0.0592. The summed E-state index contributed by atoms with van der Waals surface area (Å²) in [5, 5.41) is 4.28. The van der Waals surface area contributed by atoms with Gasteiger partial charge in [0.1, 0.15) is 11.3 Å². The molecule has 0 aliphatic heterocycles. The Hall–Kier alpha value is -4.10. The van der Waals surface area contributed by atoms with E-state index in [4.69, 9.17) is 9.47 Å². The quantitative estimate of drug-likeness (QED) is 0.166. The molecule has 0 aliphatic carbocycles. The summed E-state index contributed by atoms with van der Waals surface area (Å²) in [6.45, 7) is 4.73. The molecule has 7 nitrogen and oxygen atoms in total. The number of aromatic nitrogens is 1. The predicted octanol–water partition coefficient (Wildman–Crippen LogP) is 6.56. The van der Waals surface area contributed by atoms with Crippen LogP contribution >= 0.6 is 0 Å². The van der Waals surface area contributed by atoms with E-state index in [0.717, 1.165) is 51.9 Å². The number of hydrogen-bond acceptors (Lipinski definition) is 4. The third-order valence-electron chi connectivity index (χ3n) is 8.24. The van der Waals surface area contributed by atoms with Crippen LogP contribution in [0.15, 0.2) is 78.9 Å². The Labute approximate surface area is 255 Å².